The van der Waals surface area contributed by atoms with Crippen molar-refractivity contribution in [3.05, 3.63) is 167 Å². The number of ketones is 3. The van der Waals surface area contributed by atoms with Crippen molar-refractivity contribution in [3.8, 4) is 16.9 Å². The standard InChI is InChI=1S/C73H79N9O15S/c1-9-27-98-62-36-65(87)80(71(62)92)25-23-52(83)34-53(41(2)3)67(88)74-44(6)59(84)30-45-12-14-47(15-13-45)40-97-73(95)82-56-35-61(43(5)29-54(56)68(89)81-37-42(4)28-58(81)70(82)91)96-26-10-11-64(86)75-63-39-78(8)66(76-63)60(85)31-46-16-18-48(19-17-46)51-33-57(77(7)38-51)69(90)79-24-22-49-32-50(72(93)94)20-21-55(49)79/h12-22,24,29,32-33,35,38-39,41,44,53,58,62,70,91H,4,9-11,23,25-28,30-31,34,36-37,40H2,1-3,5-8H3,(H,74,88)(H,75,86)(H,93,94)/t44-,53-,58-,62?,70-/m0/s1/i1T. The number of amides is 6. The minimum atomic E-state index is -1.56. The van der Waals surface area contributed by atoms with Gasteiger partial charge in [-0.2, -0.15) is 0 Å². The molecule has 7 aromatic rings. The van der Waals surface area contributed by atoms with Crippen LogP contribution in [-0.2, 0) is 67.0 Å². The van der Waals surface area contributed by atoms with Gasteiger partial charge in [0.1, 0.15) is 23.8 Å². The molecule has 0 aliphatic carbocycles. The number of nitrogens with one attached hydrogen (secondary N) is 2. The number of nitrogens with zero attached hydrogens (tertiary/aromatic N) is 7. The van der Waals surface area contributed by atoms with Gasteiger partial charge in [0.2, 0.25) is 29.4 Å². The van der Waals surface area contributed by atoms with Gasteiger partial charge in [-0.1, -0.05) is 81.4 Å². The first-order valence-electron chi connectivity index (χ1n) is 33.1. The van der Waals surface area contributed by atoms with E-state index in [0.29, 0.717) is 56.6 Å². The van der Waals surface area contributed by atoms with Gasteiger partial charge in [0.05, 0.1) is 46.3 Å². The Morgan fingerprint density at radius 1 is 0.847 bits per heavy atom. The lowest BCUT2D eigenvalue weighted by Gasteiger charge is -2.31. The molecule has 4 aromatic carbocycles. The van der Waals surface area contributed by atoms with Gasteiger partial charge in [0, 0.05) is 109 Å². The molecule has 6 heterocycles. The number of imide groups is 1. The maximum absolute atomic E-state index is 14.3. The number of benzene rings is 4. The van der Waals surface area contributed by atoms with Gasteiger partial charge in [-0.3, -0.25) is 52.6 Å². The molecule has 6 amide bonds. The number of anilines is 2. The molecule has 24 nitrogen and oxygen atoms in total. The second-order valence-corrected chi connectivity index (χ2v) is 26.7. The van der Waals surface area contributed by atoms with Crippen LogP contribution in [0.4, 0.5) is 16.3 Å². The van der Waals surface area contributed by atoms with Crippen LogP contribution in [0.25, 0.3) is 22.0 Å². The van der Waals surface area contributed by atoms with Crippen LogP contribution in [0.15, 0.2) is 122 Å². The van der Waals surface area contributed by atoms with E-state index < -0.39 is 59.3 Å². The number of thioether (sulfide) groups is 1. The van der Waals surface area contributed by atoms with Crippen molar-refractivity contribution in [2.24, 2.45) is 25.9 Å². The smallest absolute Gasteiger partial charge is 0.416 e. The second-order valence-electron chi connectivity index (χ2n) is 25.4. The monoisotopic (exact) mass is 1360 g/mol. The van der Waals surface area contributed by atoms with Gasteiger partial charge in [-0.25, -0.2) is 19.5 Å². The minimum Gasteiger partial charge on any atom is -0.493 e. The van der Waals surface area contributed by atoms with Crippen LogP contribution >= 0.6 is 11.8 Å². The topological polar surface area (TPSA) is 308 Å². The Kier molecular flexibility index (Phi) is 21.5. The van der Waals surface area contributed by atoms with E-state index in [2.05, 4.69) is 22.2 Å². The van der Waals surface area contributed by atoms with Crippen molar-refractivity contribution in [3.63, 3.8) is 0 Å². The fourth-order valence-electron chi connectivity index (χ4n) is 12.4. The van der Waals surface area contributed by atoms with Crippen LogP contribution in [-0.4, -0.2) is 153 Å². The molecule has 0 saturated carbocycles. The Labute approximate surface area is 571 Å². The number of hydrogen-bond acceptors (Lipinski definition) is 16. The SMILES string of the molecule is [3H]CCCSC1CC(=O)N(CCC(=O)C[C@H](C(=O)N[C@@H](C)C(=O)Cc2ccc(COC(=O)N3c4cc(OCCCC(=O)Nc5cn(C)c(C(=O)Cc6ccc(-c7cc(C(=O)n8ccc9cc(C(=O)O)ccc98)n(C)c7)cc6)n5)c(C)cc4C(=O)N4CC(=C)C[C@H]4[C@@H]3O)cc2)C(C)C)C1=O. The molecule has 0 bridgehead atoms. The van der Waals surface area contributed by atoms with Crippen molar-refractivity contribution in [2.75, 3.05) is 35.7 Å². The van der Waals surface area contributed by atoms with E-state index >= 15 is 0 Å². The molecule has 25 heteroatoms. The number of rotatable bonds is 28. The Bertz CT molecular complexity index is 4350. The third kappa shape index (κ3) is 15.9. The molecule has 3 aliphatic heterocycles. The zero-order chi connectivity index (χ0) is 71.1. The van der Waals surface area contributed by atoms with Crippen LogP contribution in [0.5, 0.6) is 5.75 Å². The number of aliphatic hydroxyl groups excluding tert-OH is 1. The third-order valence-electron chi connectivity index (χ3n) is 17.8. The van der Waals surface area contributed by atoms with Crippen LogP contribution in [0, 0.1) is 18.8 Å². The normalized spacial score (nSPS) is 16.8. The Morgan fingerprint density at radius 3 is 2.30 bits per heavy atom. The van der Waals surface area contributed by atoms with Crippen LogP contribution in [0.1, 0.15) is 138 Å². The van der Waals surface area contributed by atoms with Gasteiger partial charge in [-0.05, 0) is 109 Å². The molecule has 512 valence electrons. The fourth-order valence-corrected chi connectivity index (χ4v) is 13.4. The van der Waals surface area contributed by atoms with Gasteiger partial charge in [0.15, 0.2) is 23.7 Å². The largest absolute Gasteiger partial charge is 0.493 e. The predicted octanol–water partition coefficient (Wildman–Crippen LogP) is 9.05. The fraction of sp³-hybridized carbons (Fsp3) is 0.370. The van der Waals surface area contributed by atoms with Gasteiger partial charge < -0.3 is 44.4 Å². The highest BCUT2D eigenvalue weighted by Gasteiger charge is 2.46. The molecule has 3 aromatic heterocycles. The van der Waals surface area contributed by atoms with Crippen molar-refractivity contribution in [1.29, 1.82) is 0 Å². The van der Waals surface area contributed by atoms with Crippen molar-refractivity contribution >= 4 is 99.0 Å². The zero-order valence-electron chi connectivity index (χ0n) is 56.4. The number of fused-ring (bicyclic) bond motifs is 3. The second kappa shape index (κ2) is 30.4. The molecule has 10 rings (SSSR count). The molecule has 2 saturated heterocycles. The van der Waals surface area contributed by atoms with E-state index in [1.807, 2.05) is 30.5 Å². The van der Waals surface area contributed by atoms with Gasteiger partial charge >= 0.3 is 12.1 Å². The lowest BCUT2D eigenvalue weighted by atomic mass is 9.88. The third-order valence-corrected chi connectivity index (χ3v) is 19.1. The molecule has 5 atom stereocenters. The van der Waals surface area contributed by atoms with Crippen LogP contribution < -0.4 is 20.3 Å². The first-order valence-corrected chi connectivity index (χ1v) is 33.4. The van der Waals surface area contributed by atoms with E-state index in [4.69, 9.17) is 10.8 Å². The predicted molar refractivity (Wildman–Crippen MR) is 366 cm³/mol. The number of aromatic carboxylic acids is 1. The summed E-state index contributed by atoms with van der Waals surface area (Å²) >= 11 is 1.34. The summed E-state index contributed by atoms with van der Waals surface area (Å²) in [6.45, 7) is 11.0. The number of ether oxygens (including phenoxy) is 2. The average Bonchev–Trinajstić information content (AvgIpc) is 1.63. The number of carboxylic acid groups (broad SMARTS) is 1. The molecule has 0 spiro atoms. The number of likely N-dealkylation sites (tertiary alicyclic amines) is 1. The molecular formula is C73H79N9O15S. The van der Waals surface area contributed by atoms with Crippen molar-refractivity contribution in [1.82, 2.24) is 33.8 Å². The Morgan fingerprint density at radius 2 is 1.57 bits per heavy atom. The summed E-state index contributed by atoms with van der Waals surface area (Å²) in [5, 5.41) is 26.9. The van der Waals surface area contributed by atoms with Crippen LogP contribution in [0.3, 0.4) is 0 Å². The van der Waals surface area contributed by atoms with Gasteiger partial charge in [-0.15, -0.1) is 11.8 Å². The van der Waals surface area contributed by atoms with E-state index in [0.717, 1.165) is 20.9 Å². The van der Waals surface area contributed by atoms with Crippen molar-refractivity contribution in [2.45, 2.75) is 123 Å². The van der Waals surface area contributed by atoms with Crippen molar-refractivity contribution < 1.29 is 73.8 Å². The number of carbonyl (C=O) groups is 11. The van der Waals surface area contributed by atoms with Gasteiger partial charge in [0.25, 0.3) is 11.8 Å². The first kappa shape index (κ1) is 69.1. The lowest BCUT2D eigenvalue weighted by molar-refractivity contribution is -0.139. The molecule has 98 heavy (non-hydrogen) atoms. The molecule has 0 radical (unpaired) electrons. The molecular weight excluding hydrogens is 1270 g/mol. The molecule has 4 N–H and O–H groups in total. The summed E-state index contributed by atoms with van der Waals surface area (Å²) in [5.74, 6) is -4.09. The minimum absolute atomic E-state index is 0.00517. The lowest BCUT2D eigenvalue weighted by Crippen LogP contribution is -2.50. The quantitative estimate of drug-likeness (QED) is 0.0154. The molecule has 3 aliphatic rings. The number of aryl methyl sites for hydroxylation is 3. The summed E-state index contributed by atoms with van der Waals surface area (Å²) in [4.78, 5) is 154. The summed E-state index contributed by atoms with van der Waals surface area (Å²) in [6.07, 6.45) is 3.29. The number of aliphatic hydroxyl groups is 1. The van der Waals surface area contributed by atoms with Crippen LogP contribution in [0.2, 0.25) is 0 Å². The Hall–Kier alpha value is -10.3. The maximum atomic E-state index is 14.3. The highest BCUT2D eigenvalue weighted by atomic mass is 32.2. The number of carboxylic acids is 1. The highest BCUT2D eigenvalue weighted by Crippen LogP contribution is 2.40. The zero-order valence-corrected chi connectivity index (χ0v) is 56.2. The van der Waals surface area contributed by atoms with E-state index in [1.165, 1.54) is 50.2 Å². The number of imidazole rings is 1. The van der Waals surface area contributed by atoms with E-state index in [1.54, 1.807) is 101 Å². The van der Waals surface area contributed by atoms with E-state index in [-0.39, 0.29) is 160 Å². The highest BCUT2D eigenvalue weighted by molar-refractivity contribution is 8.00. The summed E-state index contributed by atoms with van der Waals surface area (Å²) in [5.41, 5.74) is 5.95. The number of Topliss-reactive ketones (excluding diaryl/α,β-unsaturated/α-hetero) is 3. The molecule has 1 unspecified atom stereocenters. The average molecular weight is 1360 g/mol. The number of carbonyl (C=O) groups excluding carboxylic acids is 10. The number of hydrogen-bond donors (Lipinski definition) is 4. The summed E-state index contributed by atoms with van der Waals surface area (Å²) in [6, 6.07) is 23.4. The number of aromatic nitrogens is 4. The summed E-state index contributed by atoms with van der Waals surface area (Å²) < 4.78 is 24.0. The summed E-state index contributed by atoms with van der Waals surface area (Å²) in [7, 11) is 3.41. The molecule has 2 fully saturated rings. The van der Waals surface area contributed by atoms with E-state index in [9.17, 15) is 63.0 Å². The first-order chi connectivity index (χ1) is 47.3. The maximum Gasteiger partial charge on any atom is 0.416 e. The Balaban J connectivity index is 0.695.